The molecule has 0 radical (unpaired) electrons. The molecule has 1 aliphatic heterocycles. The molecule has 0 bridgehead atoms. The smallest absolute Gasteiger partial charge is 0.321 e. The molecule has 1 aromatic carbocycles. The van der Waals surface area contributed by atoms with Gasteiger partial charge in [0.05, 0.1) is 12.2 Å². The van der Waals surface area contributed by atoms with E-state index in [1.807, 2.05) is 6.92 Å². The number of nitriles is 1. The molecule has 1 fully saturated rings. The van der Waals surface area contributed by atoms with Gasteiger partial charge in [-0.05, 0) is 31.5 Å². The summed E-state index contributed by atoms with van der Waals surface area (Å²) in [5, 5.41) is 11.9. The average Bonchev–Trinajstić information content (AvgIpc) is 2.87. The van der Waals surface area contributed by atoms with Gasteiger partial charge in [0.15, 0.2) is 0 Å². The van der Waals surface area contributed by atoms with Crippen LogP contribution in [-0.4, -0.2) is 36.7 Å². The molecule has 1 saturated heterocycles. The number of hydrogen-bond donors (Lipinski definition) is 2. The monoisotopic (exact) mass is 310 g/mol. The van der Waals surface area contributed by atoms with Crippen molar-refractivity contribution in [3.8, 4) is 11.8 Å². The maximum Gasteiger partial charge on any atom is 0.321 e. The fraction of sp³-hybridized carbons (Fsp3) is 0.429. The molecule has 3 N–H and O–H groups in total. The number of halogens is 1. The van der Waals surface area contributed by atoms with Gasteiger partial charge in [-0.3, -0.25) is 0 Å². The van der Waals surface area contributed by atoms with Crippen LogP contribution in [0, 0.1) is 11.3 Å². The number of carbonyl (C=O) groups excluding carboxylic acids is 1. The van der Waals surface area contributed by atoms with Crippen LogP contribution in [0.25, 0.3) is 0 Å². The van der Waals surface area contributed by atoms with Crippen LogP contribution in [0.15, 0.2) is 18.2 Å². The number of likely N-dealkylation sites (tertiary alicyclic amines) is 1. The Morgan fingerprint density at radius 2 is 2.38 bits per heavy atom. The van der Waals surface area contributed by atoms with Gasteiger partial charge in [0.2, 0.25) is 0 Å². The van der Waals surface area contributed by atoms with Gasteiger partial charge in [-0.2, -0.15) is 5.26 Å². The average molecular weight is 311 g/mol. The van der Waals surface area contributed by atoms with Crippen LogP contribution in [0.2, 0.25) is 0 Å². The highest BCUT2D eigenvalue weighted by Gasteiger charge is 2.23. The van der Waals surface area contributed by atoms with Crippen LogP contribution in [-0.2, 0) is 0 Å². The predicted molar refractivity (Wildman–Crippen MR) is 82.8 cm³/mol. The summed E-state index contributed by atoms with van der Waals surface area (Å²) in [7, 11) is 0. The van der Waals surface area contributed by atoms with Gasteiger partial charge < -0.3 is 20.7 Å². The Labute approximate surface area is 130 Å². The van der Waals surface area contributed by atoms with Gasteiger partial charge >= 0.3 is 6.03 Å². The maximum absolute atomic E-state index is 12.0. The molecule has 0 aliphatic carbocycles. The highest BCUT2D eigenvalue weighted by atomic mass is 35.5. The zero-order chi connectivity index (χ0) is 14.5. The number of nitrogens with zero attached hydrogens (tertiary/aromatic N) is 2. The summed E-state index contributed by atoms with van der Waals surface area (Å²) in [5.41, 5.74) is 6.76. The Bertz CT molecular complexity index is 544. The minimum atomic E-state index is -0.189. The molecule has 114 valence electrons. The summed E-state index contributed by atoms with van der Waals surface area (Å²) in [6.07, 6.45) is 0.820. The fourth-order valence-electron chi connectivity index (χ4n) is 2.15. The van der Waals surface area contributed by atoms with Crippen LogP contribution in [0.4, 0.5) is 10.5 Å². The molecule has 1 aromatic rings. The Morgan fingerprint density at radius 1 is 1.62 bits per heavy atom. The first-order valence-corrected chi connectivity index (χ1v) is 6.62. The lowest BCUT2D eigenvalue weighted by molar-refractivity contribution is 0.222. The SMILES string of the molecule is CCOc1ccc(NC(=O)N2CCC(N)C2)cc1C#N.Cl. The molecule has 1 aliphatic rings. The van der Waals surface area contributed by atoms with Crippen molar-refractivity contribution in [3.63, 3.8) is 0 Å². The van der Waals surface area contributed by atoms with E-state index in [1.165, 1.54) is 0 Å². The number of anilines is 1. The van der Waals surface area contributed by atoms with Crippen molar-refractivity contribution in [2.75, 3.05) is 25.0 Å². The second-order valence-corrected chi connectivity index (χ2v) is 4.68. The number of hydrogen-bond acceptors (Lipinski definition) is 4. The molecule has 1 heterocycles. The lowest BCUT2D eigenvalue weighted by atomic mass is 10.2. The summed E-state index contributed by atoms with van der Waals surface area (Å²) >= 11 is 0. The summed E-state index contributed by atoms with van der Waals surface area (Å²) in [6.45, 7) is 3.57. The van der Waals surface area contributed by atoms with Gasteiger partial charge in [0.1, 0.15) is 11.8 Å². The number of urea groups is 1. The zero-order valence-electron chi connectivity index (χ0n) is 11.8. The first-order valence-electron chi connectivity index (χ1n) is 6.62. The van der Waals surface area contributed by atoms with Crippen molar-refractivity contribution in [2.45, 2.75) is 19.4 Å². The largest absolute Gasteiger partial charge is 0.492 e. The van der Waals surface area contributed by atoms with Crippen molar-refractivity contribution in [1.29, 1.82) is 5.26 Å². The number of carbonyl (C=O) groups is 1. The van der Waals surface area contributed by atoms with E-state index in [4.69, 9.17) is 15.7 Å². The van der Waals surface area contributed by atoms with E-state index in [2.05, 4.69) is 11.4 Å². The van der Waals surface area contributed by atoms with Crippen molar-refractivity contribution < 1.29 is 9.53 Å². The Kier molecular flexibility index (Phi) is 6.28. The molecule has 1 atom stereocenters. The second kappa shape index (κ2) is 7.72. The van der Waals surface area contributed by atoms with Crippen LogP contribution in [0.1, 0.15) is 18.9 Å². The fourth-order valence-corrected chi connectivity index (χ4v) is 2.15. The number of nitrogens with two attached hydrogens (primary N) is 1. The van der Waals surface area contributed by atoms with Gasteiger partial charge in [-0.1, -0.05) is 0 Å². The number of amides is 2. The summed E-state index contributed by atoms with van der Waals surface area (Å²) < 4.78 is 5.34. The summed E-state index contributed by atoms with van der Waals surface area (Å²) in [4.78, 5) is 13.7. The third-order valence-corrected chi connectivity index (χ3v) is 3.16. The molecular formula is C14H19ClN4O2. The molecule has 2 rings (SSSR count). The van der Waals surface area contributed by atoms with Crippen LogP contribution in [0.3, 0.4) is 0 Å². The minimum Gasteiger partial charge on any atom is -0.492 e. The van der Waals surface area contributed by atoms with Gasteiger partial charge in [0.25, 0.3) is 0 Å². The zero-order valence-corrected chi connectivity index (χ0v) is 12.7. The number of ether oxygens (including phenoxy) is 1. The third-order valence-electron chi connectivity index (χ3n) is 3.16. The highest BCUT2D eigenvalue weighted by Crippen LogP contribution is 2.22. The van der Waals surface area contributed by atoms with E-state index >= 15 is 0 Å². The maximum atomic E-state index is 12.0. The lowest BCUT2D eigenvalue weighted by Crippen LogP contribution is -2.35. The Hall–Kier alpha value is -1.97. The Balaban J connectivity index is 0.00000220. The third kappa shape index (κ3) is 4.25. The summed E-state index contributed by atoms with van der Waals surface area (Å²) in [6, 6.07) is 6.94. The number of benzene rings is 1. The molecule has 0 saturated carbocycles. The van der Waals surface area contributed by atoms with Gasteiger partial charge in [-0.25, -0.2) is 4.79 Å². The molecular weight excluding hydrogens is 292 g/mol. The molecule has 0 aromatic heterocycles. The first kappa shape index (κ1) is 17.1. The summed E-state index contributed by atoms with van der Waals surface area (Å²) in [5.74, 6) is 0.524. The molecule has 7 heteroatoms. The molecule has 1 unspecified atom stereocenters. The predicted octanol–water partition coefficient (Wildman–Crippen LogP) is 1.94. The lowest BCUT2D eigenvalue weighted by Gasteiger charge is -2.17. The van der Waals surface area contributed by atoms with Crippen molar-refractivity contribution in [3.05, 3.63) is 23.8 Å². The van der Waals surface area contributed by atoms with Crippen LogP contribution < -0.4 is 15.8 Å². The minimum absolute atomic E-state index is 0. The van der Waals surface area contributed by atoms with Crippen molar-refractivity contribution in [2.24, 2.45) is 5.73 Å². The first-order chi connectivity index (χ1) is 9.63. The topological polar surface area (TPSA) is 91.4 Å². The van der Waals surface area contributed by atoms with E-state index in [9.17, 15) is 4.79 Å². The quantitative estimate of drug-likeness (QED) is 0.892. The van der Waals surface area contributed by atoms with E-state index in [0.29, 0.717) is 36.7 Å². The molecule has 2 amide bonds. The number of rotatable bonds is 3. The van der Waals surface area contributed by atoms with E-state index in [1.54, 1.807) is 23.1 Å². The van der Waals surface area contributed by atoms with Crippen LogP contribution >= 0.6 is 12.4 Å². The second-order valence-electron chi connectivity index (χ2n) is 4.68. The number of nitrogens with one attached hydrogen (secondary N) is 1. The molecule has 0 spiro atoms. The van der Waals surface area contributed by atoms with Gasteiger partial charge in [-0.15, -0.1) is 12.4 Å². The Morgan fingerprint density at radius 3 is 2.95 bits per heavy atom. The molecule has 21 heavy (non-hydrogen) atoms. The van der Waals surface area contributed by atoms with E-state index in [0.717, 1.165) is 6.42 Å². The van der Waals surface area contributed by atoms with E-state index < -0.39 is 0 Å². The normalized spacial score (nSPS) is 16.8. The van der Waals surface area contributed by atoms with E-state index in [-0.39, 0.29) is 24.5 Å². The standard InChI is InChI=1S/C14H18N4O2.ClH/c1-2-20-13-4-3-12(7-10(13)8-15)17-14(19)18-6-5-11(16)9-18;/h3-4,7,11H,2,5-6,9,16H2,1H3,(H,17,19);1H. The van der Waals surface area contributed by atoms with Crippen LogP contribution in [0.5, 0.6) is 5.75 Å². The van der Waals surface area contributed by atoms with Gasteiger partial charge in [0, 0.05) is 24.8 Å². The van der Waals surface area contributed by atoms with Crippen molar-refractivity contribution >= 4 is 24.1 Å². The highest BCUT2D eigenvalue weighted by molar-refractivity contribution is 5.90. The van der Waals surface area contributed by atoms with Crippen molar-refractivity contribution in [1.82, 2.24) is 4.90 Å². The molecule has 6 nitrogen and oxygen atoms in total.